The van der Waals surface area contributed by atoms with Crippen molar-refractivity contribution >= 4 is 22.7 Å². The summed E-state index contributed by atoms with van der Waals surface area (Å²) in [4.78, 5) is 24.5. The van der Waals surface area contributed by atoms with Crippen LogP contribution in [0.5, 0.6) is 0 Å². The first-order valence-corrected chi connectivity index (χ1v) is 9.25. The van der Waals surface area contributed by atoms with E-state index < -0.39 is 52.4 Å². The van der Waals surface area contributed by atoms with Crippen LogP contribution in [0, 0.1) is 23.0 Å². The number of hydrogen-bond donors (Lipinski definition) is 3. The van der Waals surface area contributed by atoms with E-state index >= 15 is 0 Å². The number of nitriles is 1. The number of anilines is 2. The predicted octanol–water partition coefficient (Wildman–Crippen LogP) is 2.74. The van der Waals surface area contributed by atoms with Crippen LogP contribution in [0.3, 0.4) is 0 Å². The summed E-state index contributed by atoms with van der Waals surface area (Å²) in [5, 5.41) is 18.2. The van der Waals surface area contributed by atoms with Gasteiger partial charge in [-0.15, -0.1) is 0 Å². The van der Waals surface area contributed by atoms with Gasteiger partial charge in [-0.3, -0.25) is 9.89 Å². The molecule has 10 nitrogen and oxygen atoms in total. The molecule has 33 heavy (non-hydrogen) atoms. The molecule has 0 saturated carbocycles. The Morgan fingerprint density at radius 2 is 2.00 bits per heavy atom. The van der Waals surface area contributed by atoms with Crippen LogP contribution in [0.15, 0.2) is 29.2 Å². The van der Waals surface area contributed by atoms with Crippen LogP contribution in [-0.2, 0) is 0 Å². The van der Waals surface area contributed by atoms with Crippen LogP contribution in [0.4, 0.5) is 29.3 Å². The molecular weight excluding hydrogens is 446 g/mol. The van der Waals surface area contributed by atoms with E-state index in [0.717, 1.165) is 10.6 Å². The number of nitrogens with zero attached hydrogens (tertiary/aromatic N) is 6. The molecule has 0 saturated heterocycles. The van der Waals surface area contributed by atoms with Crippen LogP contribution in [-0.4, -0.2) is 29.7 Å². The largest absolute Gasteiger partial charge is 0.368 e. The van der Waals surface area contributed by atoms with Gasteiger partial charge in [-0.25, -0.2) is 32.1 Å². The summed E-state index contributed by atoms with van der Waals surface area (Å²) in [7, 11) is 0. The monoisotopic (exact) mass is 459 g/mol. The third-order valence-corrected chi connectivity index (χ3v) is 4.65. The van der Waals surface area contributed by atoms with Gasteiger partial charge in [0.05, 0.1) is 11.4 Å². The fourth-order valence-electron chi connectivity index (χ4n) is 3.26. The van der Waals surface area contributed by atoms with Gasteiger partial charge in [0.15, 0.2) is 17.5 Å². The topological polar surface area (TPSA) is 151 Å². The summed E-state index contributed by atoms with van der Waals surface area (Å²) >= 11 is 0. The number of H-pyrrole nitrogens is 1. The Balaban J connectivity index is 1.93. The maximum Gasteiger partial charge on any atom is 0.281 e. The molecule has 4 rings (SSSR count). The fourth-order valence-corrected chi connectivity index (χ4v) is 3.26. The van der Waals surface area contributed by atoms with Crippen LogP contribution in [0.1, 0.15) is 36.5 Å². The van der Waals surface area contributed by atoms with Gasteiger partial charge in [0.2, 0.25) is 5.95 Å². The third kappa shape index (κ3) is 3.80. The predicted molar refractivity (Wildman–Crippen MR) is 108 cm³/mol. The van der Waals surface area contributed by atoms with Crippen LogP contribution >= 0.6 is 0 Å². The highest BCUT2D eigenvalue weighted by atomic mass is 19.3. The first kappa shape index (κ1) is 21.7. The normalized spacial score (nSPS) is 12.2. The number of aromatic amines is 1. The van der Waals surface area contributed by atoms with Crippen molar-refractivity contribution in [2.24, 2.45) is 0 Å². The van der Waals surface area contributed by atoms with Crippen molar-refractivity contribution in [3.8, 4) is 11.9 Å². The van der Waals surface area contributed by atoms with Crippen LogP contribution in [0.25, 0.3) is 16.7 Å². The molecule has 0 radical (unpaired) electrons. The number of nitrogen functional groups attached to an aromatic ring is 1. The van der Waals surface area contributed by atoms with Crippen LogP contribution in [0.2, 0.25) is 0 Å². The summed E-state index contributed by atoms with van der Waals surface area (Å²) in [5.74, 6) is -2.97. The van der Waals surface area contributed by atoms with E-state index in [9.17, 15) is 27.6 Å². The number of alkyl halides is 2. The quantitative estimate of drug-likeness (QED) is 0.386. The Kier molecular flexibility index (Phi) is 5.38. The van der Waals surface area contributed by atoms with Gasteiger partial charge in [0.1, 0.15) is 34.5 Å². The molecule has 0 amide bonds. The van der Waals surface area contributed by atoms with Crippen molar-refractivity contribution < 1.29 is 17.6 Å². The maximum absolute atomic E-state index is 14.4. The number of nitrogens with two attached hydrogens (primary N) is 1. The Labute approximate surface area is 181 Å². The van der Waals surface area contributed by atoms with Gasteiger partial charge in [-0.2, -0.15) is 15.3 Å². The second-order valence-corrected chi connectivity index (χ2v) is 6.80. The summed E-state index contributed by atoms with van der Waals surface area (Å²) in [6.07, 6.45) is -1.70. The SMILES string of the molecule is CC(Nc1nc(N)nc(C(F)F)c1C#N)c1nc2c(F)cc(F)cc2c(=O)n1-c1cc[nH]n1. The standard InChI is InChI=1S/C19H13F4N9O/c1-7(27-16-10(6-24)14(15(22)23)29-19(25)30-16)17-28-13-9(4-8(20)5-11(13)21)18(33)32(17)12-2-3-26-31-12/h2-5,7,15H,1H3,(H,26,31)(H3,25,27,29,30). The Morgan fingerprint density at radius 1 is 1.24 bits per heavy atom. The molecule has 1 unspecified atom stereocenters. The average Bonchev–Trinajstić information content (AvgIpc) is 3.28. The van der Waals surface area contributed by atoms with Crippen molar-refractivity contribution in [2.75, 3.05) is 11.1 Å². The first-order valence-electron chi connectivity index (χ1n) is 9.25. The second-order valence-electron chi connectivity index (χ2n) is 6.80. The lowest BCUT2D eigenvalue weighted by atomic mass is 10.2. The molecule has 1 aromatic carbocycles. The maximum atomic E-state index is 14.4. The molecule has 14 heteroatoms. The number of benzene rings is 1. The minimum atomic E-state index is -3.11. The number of nitrogens with one attached hydrogen (secondary N) is 2. The lowest BCUT2D eigenvalue weighted by Crippen LogP contribution is -2.28. The molecule has 0 spiro atoms. The molecule has 0 aliphatic heterocycles. The Bertz CT molecular complexity index is 1460. The zero-order chi connectivity index (χ0) is 23.9. The second kappa shape index (κ2) is 8.19. The van der Waals surface area contributed by atoms with Crippen molar-refractivity contribution in [1.82, 2.24) is 29.7 Å². The van der Waals surface area contributed by atoms with E-state index in [4.69, 9.17) is 5.73 Å². The summed E-state index contributed by atoms with van der Waals surface area (Å²) in [6.45, 7) is 1.46. The molecule has 3 heterocycles. The van der Waals surface area contributed by atoms with Crippen molar-refractivity contribution in [3.05, 3.63) is 63.5 Å². The van der Waals surface area contributed by atoms with Gasteiger partial charge >= 0.3 is 0 Å². The van der Waals surface area contributed by atoms with E-state index in [0.29, 0.717) is 6.07 Å². The summed E-state index contributed by atoms with van der Waals surface area (Å²) in [6, 6.07) is 3.41. The minimum absolute atomic E-state index is 0.0543. The summed E-state index contributed by atoms with van der Waals surface area (Å²) in [5.41, 5.74) is 2.82. The molecule has 168 valence electrons. The average molecular weight is 459 g/mol. The van der Waals surface area contributed by atoms with E-state index in [2.05, 4.69) is 30.5 Å². The molecule has 0 aliphatic rings. The van der Waals surface area contributed by atoms with Crippen LogP contribution < -0.4 is 16.6 Å². The number of fused-ring (bicyclic) bond motifs is 1. The molecule has 4 aromatic rings. The molecule has 1 atom stereocenters. The number of hydrogen-bond acceptors (Lipinski definition) is 8. The number of rotatable bonds is 5. The van der Waals surface area contributed by atoms with Crippen molar-refractivity contribution in [1.29, 1.82) is 5.26 Å². The van der Waals surface area contributed by atoms with E-state index in [1.165, 1.54) is 19.2 Å². The molecule has 3 aromatic heterocycles. The number of aromatic nitrogens is 6. The third-order valence-electron chi connectivity index (χ3n) is 4.65. The zero-order valence-corrected chi connectivity index (χ0v) is 16.6. The van der Waals surface area contributed by atoms with Gasteiger partial charge in [-0.05, 0) is 13.0 Å². The highest BCUT2D eigenvalue weighted by molar-refractivity contribution is 5.78. The lowest BCUT2D eigenvalue weighted by molar-refractivity contribution is 0.146. The summed E-state index contributed by atoms with van der Waals surface area (Å²) < 4.78 is 55.8. The lowest BCUT2D eigenvalue weighted by Gasteiger charge is -2.20. The molecule has 4 N–H and O–H groups in total. The van der Waals surface area contributed by atoms with E-state index in [1.54, 1.807) is 6.07 Å². The van der Waals surface area contributed by atoms with Crippen molar-refractivity contribution in [3.63, 3.8) is 0 Å². The molecule has 0 fully saturated rings. The van der Waals surface area contributed by atoms with Gasteiger partial charge in [0, 0.05) is 18.3 Å². The number of halogens is 4. The smallest absolute Gasteiger partial charge is 0.281 e. The van der Waals surface area contributed by atoms with Crippen molar-refractivity contribution in [2.45, 2.75) is 19.4 Å². The zero-order valence-electron chi connectivity index (χ0n) is 16.6. The highest BCUT2D eigenvalue weighted by Gasteiger charge is 2.25. The fraction of sp³-hybridized carbons (Fsp3) is 0.158. The Hall–Kier alpha value is -4.54. The minimum Gasteiger partial charge on any atom is -0.368 e. The molecular formula is C19H13F4N9O. The van der Waals surface area contributed by atoms with Gasteiger partial charge in [0.25, 0.3) is 12.0 Å². The Morgan fingerprint density at radius 3 is 2.64 bits per heavy atom. The molecule has 0 aliphatic carbocycles. The van der Waals surface area contributed by atoms with Gasteiger partial charge in [-0.1, -0.05) is 0 Å². The van der Waals surface area contributed by atoms with E-state index in [-0.39, 0.29) is 22.8 Å². The molecule has 0 bridgehead atoms. The highest BCUT2D eigenvalue weighted by Crippen LogP contribution is 2.29. The van der Waals surface area contributed by atoms with E-state index in [1.807, 2.05) is 0 Å². The van der Waals surface area contributed by atoms with Gasteiger partial charge < -0.3 is 11.1 Å². The first-order chi connectivity index (χ1) is 15.7.